The maximum Gasteiger partial charge on any atom is 0.308 e. The zero-order valence-corrected chi connectivity index (χ0v) is 10.4. The van der Waals surface area contributed by atoms with Crippen molar-refractivity contribution in [2.24, 2.45) is 5.92 Å². The molecule has 5 nitrogen and oxygen atoms in total. The molecule has 0 saturated heterocycles. The molecule has 2 rings (SSSR count). The Morgan fingerprint density at radius 3 is 3.06 bits per heavy atom. The van der Waals surface area contributed by atoms with Crippen molar-refractivity contribution < 1.29 is 9.90 Å². The van der Waals surface area contributed by atoms with Crippen LogP contribution >= 0.6 is 11.3 Å². The van der Waals surface area contributed by atoms with Crippen molar-refractivity contribution in [2.45, 2.75) is 6.92 Å². The van der Waals surface area contributed by atoms with Crippen LogP contribution in [0, 0.1) is 5.92 Å². The zero-order valence-electron chi connectivity index (χ0n) is 9.62. The molecule has 0 fully saturated rings. The molecule has 0 aliphatic carbocycles. The van der Waals surface area contributed by atoms with Gasteiger partial charge in [0.1, 0.15) is 17.0 Å². The summed E-state index contributed by atoms with van der Waals surface area (Å²) < 4.78 is 0. The maximum absolute atomic E-state index is 10.8. The van der Waals surface area contributed by atoms with Crippen molar-refractivity contribution in [3.8, 4) is 0 Å². The summed E-state index contributed by atoms with van der Waals surface area (Å²) in [7, 11) is 1.85. The lowest BCUT2D eigenvalue weighted by Crippen LogP contribution is -2.29. The summed E-state index contributed by atoms with van der Waals surface area (Å²) >= 11 is 1.55. The smallest absolute Gasteiger partial charge is 0.308 e. The van der Waals surface area contributed by atoms with Gasteiger partial charge in [-0.2, -0.15) is 0 Å². The Morgan fingerprint density at radius 1 is 1.59 bits per heavy atom. The first-order chi connectivity index (χ1) is 8.09. The van der Waals surface area contributed by atoms with Crippen LogP contribution < -0.4 is 4.90 Å². The first-order valence-corrected chi connectivity index (χ1v) is 6.09. The van der Waals surface area contributed by atoms with E-state index in [0.717, 1.165) is 16.0 Å². The third-order valence-corrected chi connectivity index (χ3v) is 3.39. The van der Waals surface area contributed by atoms with Gasteiger partial charge in [0.15, 0.2) is 0 Å². The zero-order chi connectivity index (χ0) is 12.4. The summed E-state index contributed by atoms with van der Waals surface area (Å²) in [6, 6.07) is 1.96. The highest BCUT2D eigenvalue weighted by Crippen LogP contribution is 2.26. The second-order valence-electron chi connectivity index (χ2n) is 3.96. The van der Waals surface area contributed by atoms with Gasteiger partial charge in [-0.05, 0) is 11.4 Å². The highest BCUT2D eigenvalue weighted by Gasteiger charge is 2.16. The quantitative estimate of drug-likeness (QED) is 0.898. The average Bonchev–Trinajstić information content (AvgIpc) is 2.76. The highest BCUT2D eigenvalue weighted by molar-refractivity contribution is 7.16. The largest absolute Gasteiger partial charge is 0.481 e. The van der Waals surface area contributed by atoms with Gasteiger partial charge in [0.2, 0.25) is 0 Å². The summed E-state index contributed by atoms with van der Waals surface area (Å²) in [5.74, 6) is -0.444. The normalized spacial score (nSPS) is 12.6. The maximum atomic E-state index is 10.8. The van der Waals surface area contributed by atoms with Crippen LogP contribution in [-0.4, -0.2) is 34.6 Å². The van der Waals surface area contributed by atoms with Crippen LogP contribution in [0.1, 0.15) is 6.92 Å². The highest BCUT2D eigenvalue weighted by atomic mass is 32.1. The minimum Gasteiger partial charge on any atom is -0.481 e. The van der Waals surface area contributed by atoms with E-state index >= 15 is 0 Å². The molecule has 2 aromatic heterocycles. The van der Waals surface area contributed by atoms with E-state index in [4.69, 9.17) is 5.11 Å². The summed E-state index contributed by atoms with van der Waals surface area (Å²) in [6.07, 6.45) is 1.51. The molecular formula is C11H13N3O2S. The molecular weight excluding hydrogens is 238 g/mol. The van der Waals surface area contributed by atoms with Crippen LogP contribution in [0.15, 0.2) is 17.8 Å². The lowest BCUT2D eigenvalue weighted by atomic mass is 10.2. The van der Waals surface area contributed by atoms with Crippen LogP contribution in [0.4, 0.5) is 5.82 Å². The fourth-order valence-electron chi connectivity index (χ4n) is 1.66. The lowest BCUT2D eigenvalue weighted by Gasteiger charge is -2.20. The molecule has 0 radical (unpaired) electrons. The van der Waals surface area contributed by atoms with Gasteiger partial charge in [0.25, 0.3) is 0 Å². The third kappa shape index (κ3) is 2.36. The van der Waals surface area contributed by atoms with Crippen LogP contribution in [0.5, 0.6) is 0 Å². The number of anilines is 1. The first kappa shape index (κ1) is 11.8. The molecule has 0 saturated carbocycles. The van der Waals surface area contributed by atoms with Crippen LogP contribution in [0.2, 0.25) is 0 Å². The van der Waals surface area contributed by atoms with Gasteiger partial charge in [0.05, 0.1) is 11.3 Å². The number of hydrogen-bond acceptors (Lipinski definition) is 5. The molecule has 0 amide bonds. The Hall–Kier alpha value is -1.69. The average molecular weight is 251 g/mol. The summed E-state index contributed by atoms with van der Waals surface area (Å²) in [5, 5.41) is 11.8. The molecule has 1 unspecified atom stereocenters. The van der Waals surface area contributed by atoms with Gasteiger partial charge in [-0.25, -0.2) is 9.97 Å². The van der Waals surface area contributed by atoms with Crippen molar-refractivity contribution in [2.75, 3.05) is 18.5 Å². The molecule has 0 aliphatic heterocycles. The Balaban J connectivity index is 2.27. The van der Waals surface area contributed by atoms with Crippen LogP contribution in [0.25, 0.3) is 10.2 Å². The number of aliphatic carboxylic acids is 1. The van der Waals surface area contributed by atoms with Crippen LogP contribution in [-0.2, 0) is 4.79 Å². The van der Waals surface area contributed by atoms with Gasteiger partial charge < -0.3 is 10.0 Å². The van der Waals surface area contributed by atoms with E-state index in [1.807, 2.05) is 23.4 Å². The predicted molar refractivity (Wildman–Crippen MR) is 67.5 cm³/mol. The number of thiophene rings is 1. The summed E-state index contributed by atoms with van der Waals surface area (Å²) in [6.45, 7) is 2.11. The number of carbonyl (C=O) groups is 1. The Kier molecular flexibility index (Phi) is 3.23. The van der Waals surface area contributed by atoms with Crippen molar-refractivity contribution in [3.05, 3.63) is 17.8 Å². The second-order valence-corrected chi connectivity index (χ2v) is 4.85. The molecule has 6 heteroatoms. The van der Waals surface area contributed by atoms with Gasteiger partial charge >= 0.3 is 5.97 Å². The number of aromatic nitrogens is 2. The topological polar surface area (TPSA) is 66.3 Å². The minimum absolute atomic E-state index is 0.427. The molecule has 0 aliphatic rings. The standard InChI is InChI=1S/C11H13N3O2S/c1-7(11(15)16)5-14(2)9-8-3-4-17-10(8)13-6-12-9/h3-4,6-7H,5H2,1-2H3,(H,15,16). The Bertz CT molecular complexity index is 540. The van der Waals surface area contributed by atoms with Gasteiger partial charge in [0, 0.05) is 13.6 Å². The van der Waals surface area contributed by atoms with Gasteiger partial charge in [-0.1, -0.05) is 6.92 Å². The van der Waals surface area contributed by atoms with Crippen molar-refractivity contribution in [1.82, 2.24) is 9.97 Å². The van der Waals surface area contributed by atoms with E-state index in [1.54, 1.807) is 18.3 Å². The number of rotatable bonds is 4. The molecule has 1 N–H and O–H groups in total. The van der Waals surface area contributed by atoms with E-state index in [2.05, 4.69) is 9.97 Å². The SMILES string of the molecule is CC(CN(C)c1ncnc2sccc12)C(=O)O. The van der Waals surface area contributed by atoms with Crippen molar-refractivity contribution >= 4 is 33.3 Å². The number of carboxylic acids is 1. The van der Waals surface area contributed by atoms with E-state index < -0.39 is 11.9 Å². The number of carboxylic acid groups (broad SMARTS) is 1. The Morgan fingerprint density at radius 2 is 2.35 bits per heavy atom. The molecule has 1 atom stereocenters. The van der Waals surface area contributed by atoms with E-state index in [1.165, 1.54) is 6.33 Å². The molecule has 0 aromatic carbocycles. The molecule has 0 bridgehead atoms. The Labute approximate surface area is 103 Å². The van der Waals surface area contributed by atoms with E-state index in [9.17, 15) is 4.79 Å². The fourth-order valence-corrected chi connectivity index (χ4v) is 2.38. The molecule has 2 heterocycles. The number of hydrogen-bond donors (Lipinski definition) is 1. The van der Waals surface area contributed by atoms with Gasteiger partial charge in [-0.3, -0.25) is 4.79 Å². The lowest BCUT2D eigenvalue weighted by molar-refractivity contribution is -0.140. The summed E-state index contributed by atoms with van der Waals surface area (Å²) in [4.78, 5) is 22.0. The molecule has 0 spiro atoms. The molecule has 90 valence electrons. The van der Waals surface area contributed by atoms with Crippen LogP contribution in [0.3, 0.4) is 0 Å². The third-order valence-electron chi connectivity index (χ3n) is 2.57. The predicted octanol–water partition coefficient (Wildman–Crippen LogP) is 1.85. The fraction of sp³-hybridized carbons (Fsp3) is 0.364. The van der Waals surface area contributed by atoms with Crippen molar-refractivity contribution in [1.29, 1.82) is 0 Å². The van der Waals surface area contributed by atoms with E-state index in [-0.39, 0.29) is 0 Å². The van der Waals surface area contributed by atoms with E-state index in [0.29, 0.717) is 6.54 Å². The van der Waals surface area contributed by atoms with Gasteiger partial charge in [-0.15, -0.1) is 11.3 Å². The van der Waals surface area contributed by atoms with Crippen molar-refractivity contribution in [3.63, 3.8) is 0 Å². The number of nitrogens with zero attached hydrogens (tertiary/aromatic N) is 3. The summed E-state index contributed by atoms with van der Waals surface area (Å²) in [5.41, 5.74) is 0. The first-order valence-electron chi connectivity index (χ1n) is 5.21. The molecule has 17 heavy (non-hydrogen) atoms. The minimum atomic E-state index is -0.799. The molecule has 2 aromatic rings. The second kappa shape index (κ2) is 4.67. The monoisotopic (exact) mass is 251 g/mol. The number of fused-ring (bicyclic) bond motifs is 1.